The van der Waals surface area contributed by atoms with Crippen LogP contribution in [-0.4, -0.2) is 9.38 Å². The first-order valence-corrected chi connectivity index (χ1v) is 6.98. The molecule has 3 rings (SSSR count). The fourth-order valence-corrected chi connectivity index (χ4v) is 2.62. The molecule has 2 heterocycles. The molecule has 2 aromatic heterocycles. The van der Waals surface area contributed by atoms with E-state index in [1.54, 1.807) is 0 Å². The second kappa shape index (κ2) is 5.47. The number of aromatic nitrogens is 2. The van der Waals surface area contributed by atoms with E-state index in [9.17, 15) is 0 Å². The number of pyridine rings is 1. The van der Waals surface area contributed by atoms with Gasteiger partial charge in [-0.2, -0.15) is 0 Å². The average Bonchev–Trinajstić information content (AvgIpc) is 2.83. The molecule has 0 unspecified atom stereocenters. The summed E-state index contributed by atoms with van der Waals surface area (Å²) in [7, 11) is 0. The van der Waals surface area contributed by atoms with Crippen molar-refractivity contribution < 1.29 is 0 Å². The van der Waals surface area contributed by atoms with E-state index in [0.29, 0.717) is 6.54 Å². The molecule has 3 aromatic rings. The van der Waals surface area contributed by atoms with Gasteiger partial charge in [0.25, 0.3) is 0 Å². The number of nitrogens with two attached hydrogens (primary N) is 1. The first kappa shape index (κ1) is 12.9. The molecule has 0 saturated heterocycles. The van der Waals surface area contributed by atoms with Crippen molar-refractivity contribution in [2.75, 3.05) is 0 Å². The zero-order valence-electron chi connectivity index (χ0n) is 11.7. The Morgan fingerprint density at radius 1 is 1.10 bits per heavy atom. The molecule has 0 radical (unpaired) electrons. The molecule has 0 aliphatic rings. The third kappa shape index (κ3) is 2.45. The quantitative estimate of drug-likeness (QED) is 0.788. The van der Waals surface area contributed by atoms with Gasteiger partial charge in [0.05, 0.1) is 11.2 Å². The van der Waals surface area contributed by atoms with Gasteiger partial charge in [-0.15, -0.1) is 0 Å². The number of nitrogens with zero attached hydrogens (tertiary/aromatic N) is 2. The lowest BCUT2D eigenvalue weighted by atomic mass is 10.1. The molecule has 0 bridgehead atoms. The summed E-state index contributed by atoms with van der Waals surface area (Å²) in [5.74, 6) is 1.09. The molecular weight excluding hydrogens is 246 g/mol. The minimum absolute atomic E-state index is 0.484. The zero-order chi connectivity index (χ0) is 13.9. The third-order valence-electron chi connectivity index (χ3n) is 3.61. The van der Waals surface area contributed by atoms with Gasteiger partial charge >= 0.3 is 0 Å². The minimum atomic E-state index is 0.484. The maximum atomic E-state index is 5.78. The number of hydrogen-bond donors (Lipinski definition) is 1. The Bertz CT molecular complexity index is 728. The Labute approximate surface area is 119 Å². The molecular formula is C17H19N3. The highest BCUT2D eigenvalue weighted by molar-refractivity contribution is 5.53. The lowest BCUT2D eigenvalue weighted by molar-refractivity contribution is 0.845. The number of hydrogen-bond acceptors (Lipinski definition) is 2. The molecule has 0 fully saturated rings. The molecule has 20 heavy (non-hydrogen) atoms. The van der Waals surface area contributed by atoms with Crippen LogP contribution < -0.4 is 5.73 Å². The van der Waals surface area contributed by atoms with Crippen LogP contribution in [0.5, 0.6) is 0 Å². The maximum Gasteiger partial charge on any atom is 0.113 e. The van der Waals surface area contributed by atoms with Crippen LogP contribution in [-0.2, 0) is 19.4 Å². The van der Waals surface area contributed by atoms with Crippen LogP contribution in [0.15, 0.2) is 48.7 Å². The minimum Gasteiger partial charge on any atom is -0.325 e. The highest BCUT2D eigenvalue weighted by Crippen LogP contribution is 2.15. The van der Waals surface area contributed by atoms with Crippen molar-refractivity contribution in [3.63, 3.8) is 0 Å². The Hall–Kier alpha value is -2.13. The van der Waals surface area contributed by atoms with Gasteiger partial charge in [-0.05, 0) is 31.0 Å². The number of aryl methyl sites for hydroxylation is 3. The number of fused-ring (bicyclic) bond motifs is 1. The van der Waals surface area contributed by atoms with Crippen LogP contribution >= 0.6 is 0 Å². The van der Waals surface area contributed by atoms with Gasteiger partial charge in [-0.1, -0.05) is 35.9 Å². The summed E-state index contributed by atoms with van der Waals surface area (Å²) < 4.78 is 2.15. The lowest BCUT2D eigenvalue weighted by Gasteiger charge is -2.03. The Balaban J connectivity index is 1.88. The van der Waals surface area contributed by atoms with Gasteiger partial charge in [0.1, 0.15) is 5.82 Å². The molecule has 102 valence electrons. The van der Waals surface area contributed by atoms with Crippen LogP contribution in [0.2, 0.25) is 0 Å². The van der Waals surface area contributed by atoms with Gasteiger partial charge in [0.15, 0.2) is 0 Å². The van der Waals surface area contributed by atoms with Crippen molar-refractivity contribution >= 4 is 5.52 Å². The van der Waals surface area contributed by atoms with Crippen LogP contribution in [0, 0.1) is 6.92 Å². The van der Waals surface area contributed by atoms with E-state index in [1.165, 1.54) is 11.1 Å². The molecule has 1 aromatic carbocycles. The third-order valence-corrected chi connectivity index (χ3v) is 3.61. The van der Waals surface area contributed by atoms with Crippen molar-refractivity contribution in [1.29, 1.82) is 0 Å². The molecule has 0 aliphatic heterocycles. The number of rotatable bonds is 4. The van der Waals surface area contributed by atoms with Gasteiger partial charge in [0.2, 0.25) is 0 Å². The first-order valence-electron chi connectivity index (χ1n) is 6.98. The second-order valence-corrected chi connectivity index (χ2v) is 5.12. The van der Waals surface area contributed by atoms with E-state index in [4.69, 9.17) is 5.73 Å². The highest BCUT2D eigenvalue weighted by Gasteiger charge is 2.09. The molecule has 3 heteroatoms. The molecule has 0 saturated carbocycles. The van der Waals surface area contributed by atoms with E-state index in [1.807, 2.05) is 12.1 Å². The molecule has 0 amide bonds. The Kier molecular flexibility index (Phi) is 3.52. The smallest absolute Gasteiger partial charge is 0.113 e. The number of benzene rings is 1. The fourth-order valence-electron chi connectivity index (χ4n) is 2.62. The van der Waals surface area contributed by atoms with Crippen molar-refractivity contribution in [3.05, 3.63) is 71.3 Å². The summed E-state index contributed by atoms with van der Waals surface area (Å²) >= 11 is 0. The van der Waals surface area contributed by atoms with E-state index < -0.39 is 0 Å². The van der Waals surface area contributed by atoms with E-state index in [2.05, 4.69) is 52.8 Å². The van der Waals surface area contributed by atoms with Crippen LogP contribution in [0.3, 0.4) is 0 Å². The highest BCUT2D eigenvalue weighted by atomic mass is 15.0. The topological polar surface area (TPSA) is 43.3 Å². The summed E-state index contributed by atoms with van der Waals surface area (Å²) in [4.78, 5) is 4.68. The Morgan fingerprint density at radius 3 is 2.80 bits per heavy atom. The van der Waals surface area contributed by atoms with Gasteiger partial charge in [-0.3, -0.25) is 0 Å². The maximum absolute atomic E-state index is 5.78. The monoisotopic (exact) mass is 265 g/mol. The molecule has 0 atom stereocenters. The van der Waals surface area contributed by atoms with Crippen molar-refractivity contribution in [3.8, 4) is 0 Å². The van der Waals surface area contributed by atoms with Crippen molar-refractivity contribution in [2.24, 2.45) is 5.73 Å². The SMILES string of the molecule is Cc1cccc(CCc2nc(CN)c3ccccn23)c1. The van der Waals surface area contributed by atoms with Gasteiger partial charge < -0.3 is 10.1 Å². The van der Waals surface area contributed by atoms with Crippen LogP contribution in [0.25, 0.3) is 5.52 Å². The van der Waals surface area contributed by atoms with Crippen LogP contribution in [0.4, 0.5) is 0 Å². The summed E-state index contributed by atoms with van der Waals surface area (Å²) in [5.41, 5.74) is 10.5. The lowest BCUT2D eigenvalue weighted by Crippen LogP contribution is -1.98. The van der Waals surface area contributed by atoms with E-state index >= 15 is 0 Å². The van der Waals surface area contributed by atoms with Crippen LogP contribution in [0.1, 0.15) is 22.6 Å². The normalized spacial score (nSPS) is 11.1. The molecule has 2 N–H and O–H groups in total. The zero-order valence-corrected chi connectivity index (χ0v) is 11.7. The standard InChI is InChI=1S/C17H19N3/c1-13-5-4-6-14(11-13)8-9-17-19-15(12-18)16-7-2-3-10-20(16)17/h2-7,10-11H,8-9,12,18H2,1H3. The Morgan fingerprint density at radius 2 is 2.00 bits per heavy atom. The van der Waals surface area contributed by atoms with E-state index in [-0.39, 0.29) is 0 Å². The van der Waals surface area contributed by atoms with Gasteiger partial charge in [-0.25, -0.2) is 4.98 Å². The largest absolute Gasteiger partial charge is 0.325 e. The molecule has 0 aliphatic carbocycles. The fraction of sp³-hybridized carbons (Fsp3) is 0.235. The van der Waals surface area contributed by atoms with Gasteiger partial charge in [0, 0.05) is 19.2 Å². The number of imidazole rings is 1. The average molecular weight is 265 g/mol. The summed E-state index contributed by atoms with van der Waals surface area (Å²) in [5, 5.41) is 0. The summed E-state index contributed by atoms with van der Waals surface area (Å²) in [6.07, 6.45) is 3.99. The summed E-state index contributed by atoms with van der Waals surface area (Å²) in [6.45, 7) is 2.61. The predicted molar refractivity (Wildman–Crippen MR) is 81.7 cm³/mol. The first-order chi connectivity index (χ1) is 9.78. The van der Waals surface area contributed by atoms with Crippen molar-refractivity contribution in [1.82, 2.24) is 9.38 Å². The molecule has 0 spiro atoms. The van der Waals surface area contributed by atoms with E-state index in [0.717, 1.165) is 29.9 Å². The summed E-state index contributed by atoms with van der Waals surface area (Å²) in [6, 6.07) is 14.8. The predicted octanol–water partition coefficient (Wildman–Crippen LogP) is 2.89. The second-order valence-electron chi connectivity index (χ2n) is 5.12. The van der Waals surface area contributed by atoms with Crippen molar-refractivity contribution in [2.45, 2.75) is 26.3 Å². The molecule has 3 nitrogen and oxygen atoms in total.